The second kappa shape index (κ2) is 14.5. The van der Waals surface area contributed by atoms with Crippen LogP contribution in [0.1, 0.15) is 52.5 Å². The van der Waals surface area contributed by atoms with Crippen molar-refractivity contribution < 1.29 is 34.2 Å². The van der Waals surface area contributed by atoms with Gasteiger partial charge in [-0.1, -0.05) is 42.5 Å². The van der Waals surface area contributed by atoms with Gasteiger partial charge in [0, 0.05) is 19.2 Å². The third-order valence-corrected chi connectivity index (χ3v) is 6.80. The number of carbonyl (C=O) groups is 3. The molecule has 0 spiro atoms. The number of imide groups is 1. The minimum atomic E-state index is -1.37. The third-order valence-electron chi connectivity index (χ3n) is 6.80. The van der Waals surface area contributed by atoms with Gasteiger partial charge in [-0.2, -0.15) is 0 Å². The normalized spacial score (nSPS) is 14.8. The Hall–Kier alpha value is -3.60. The molecule has 1 unspecified atom stereocenters. The van der Waals surface area contributed by atoms with Crippen molar-refractivity contribution in [3.8, 4) is 0 Å². The highest BCUT2D eigenvalue weighted by molar-refractivity contribution is 6.23. The molecular formula is C29H39N4O6+. The van der Waals surface area contributed by atoms with Crippen LogP contribution in [0, 0.1) is 0 Å². The van der Waals surface area contributed by atoms with Gasteiger partial charge in [-0.3, -0.25) is 24.5 Å². The predicted octanol–water partition coefficient (Wildman–Crippen LogP) is 1.94. The van der Waals surface area contributed by atoms with E-state index in [0.29, 0.717) is 50.0 Å². The van der Waals surface area contributed by atoms with Crippen LogP contribution in [0.4, 0.5) is 0 Å². The molecule has 0 fully saturated rings. The highest BCUT2D eigenvalue weighted by Gasteiger charge is 2.51. The molecule has 2 aromatic rings. The van der Waals surface area contributed by atoms with Crippen LogP contribution < -0.4 is 5.32 Å². The number of nitrogens with one attached hydrogen (secondary N) is 1. The van der Waals surface area contributed by atoms with Crippen molar-refractivity contribution in [3.05, 3.63) is 71.3 Å². The summed E-state index contributed by atoms with van der Waals surface area (Å²) in [5.41, 5.74) is 0.231. The SMILES string of the molecule is CN(CCOCCO)C(=O)C(C)(CCCCNCC=[N+](O)Cc1ccccc1)N1C(=O)c2ccccc2C1=O. The molecule has 3 N–H and O–H groups in total. The Balaban J connectivity index is 1.59. The maximum Gasteiger partial charge on any atom is 0.262 e. The van der Waals surface area contributed by atoms with E-state index in [4.69, 9.17) is 9.84 Å². The number of aliphatic hydroxyl groups is 1. The van der Waals surface area contributed by atoms with E-state index < -0.39 is 17.4 Å². The zero-order chi connectivity index (χ0) is 28.3. The molecule has 1 aliphatic heterocycles. The summed E-state index contributed by atoms with van der Waals surface area (Å²) in [6.45, 7) is 3.69. The molecule has 10 heteroatoms. The third kappa shape index (κ3) is 7.72. The van der Waals surface area contributed by atoms with Gasteiger partial charge in [0.25, 0.3) is 11.8 Å². The number of ether oxygens (including phenoxy) is 1. The van der Waals surface area contributed by atoms with Crippen molar-refractivity contribution in [2.45, 2.75) is 38.3 Å². The molecule has 0 bridgehead atoms. The quantitative estimate of drug-likeness (QED) is 0.0744. The fourth-order valence-electron chi connectivity index (χ4n) is 4.66. The molecule has 3 rings (SSSR count). The standard InChI is InChI=1S/C29H39N4O6/c1-29(28(37)31(2)18-20-39-21-19-34,33-26(35)24-12-6-7-13-25(24)27(33)36)14-8-9-15-30-16-17-32(38)22-23-10-4-3-5-11-23/h3-7,10-13,17,30,34,38H,8-9,14-16,18-22H2,1-2H3/q+1. The number of carbonyl (C=O) groups excluding carboxylic acids is 3. The Morgan fingerprint density at radius 3 is 2.33 bits per heavy atom. The molecule has 3 amide bonds. The summed E-state index contributed by atoms with van der Waals surface area (Å²) in [6.07, 6.45) is 3.25. The molecule has 1 heterocycles. The lowest BCUT2D eigenvalue weighted by Gasteiger charge is -2.39. The fraction of sp³-hybridized carbons (Fsp3) is 0.448. The van der Waals surface area contributed by atoms with Crippen LogP contribution in [-0.4, -0.2) is 101 Å². The molecule has 0 aromatic heterocycles. The van der Waals surface area contributed by atoms with Crippen molar-refractivity contribution in [2.75, 3.05) is 46.5 Å². The van der Waals surface area contributed by atoms with E-state index in [1.165, 1.54) is 4.90 Å². The monoisotopic (exact) mass is 539 g/mol. The summed E-state index contributed by atoms with van der Waals surface area (Å²) in [7, 11) is 1.62. The van der Waals surface area contributed by atoms with Gasteiger partial charge in [0.2, 0.25) is 18.7 Å². The molecule has 0 saturated carbocycles. The first-order valence-electron chi connectivity index (χ1n) is 13.2. The van der Waals surface area contributed by atoms with E-state index in [1.807, 2.05) is 30.3 Å². The Labute approximate surface area is 229 Å². The molecule has 2 aromatic carbocycles. The molecular weight excluding hydrogens is 500 g/mol. The number of hydrogen-bond acceptors (Lipinski definition) is 7. The minimum Gasteiger partial charge on any atom is -0.394 e. The molecule has 1 aliphatic rings. The maximum atomic E-state index is 13.7. The van der Waals surface area contributed by atoms with Crippen LogP contribution in [0.3, 0.4) is 0 Å². The van der Waals surface area contributed by atoms with Gasteiger partial charge >= 0.3 is 0 Å². The zero-order valence-corrected chi connectivity index (χ0v) is 22.7. The van der Waals surface area contributed by atoms with E-state index in [-0.39, 0.29) is 32.3 Å². The molecule has 10 nitrogen and oxygen atoms in total. The Bertz CT molecular complexity index is 1120. The predicted molar refractivity (Wildman–Crippen MR) is 146 cm³/mol. The lowest BCUT2D eigenvalue weighted by Crippen LogP contribution is -2.59. The lowest BCUT2D eigenvalue weighted by molar-refractivity contribution is -0.784. The molecule has 1 atom stereocenters. The first-order chi connectivity index (χ1) is 18.8. The maximum absolute atomic E-state index is 13.7. The second-order valence-electron chi connectivity index (χ2n) is 9.75. The Kier molecular flexibility index (Phi) is 11.2. The topological polar surface area (TPSA) is 122 Å². The van der Waals surface area contributed by atoms with Crippen molar-refractivity contribution in [2.24, 2.45) is 0 Å². The van der Waals surface area contributed by atoms with Crippen LogP contribution in [-0.2, 0) is 16.1 Å². The number of aliphatic hydroxyl groups excluding tert-OH is 1. The van der Waals surface area contributed by atoms with E-state index in [1.54, 1.807) is 44.5 Å². The van der Waals surface area contributed by atoms with Gasteiger partial charge in [-0.05, 0) is 49.6 Å². The highest BCUT2D eigenvalue weighted by Crippen LogP contribution is 2.33. The molecule has 0 aliphatic carbocycles. The van der Waals surface area contributed by atoms with Crippen LogP contribution in [0.2, 0.25) is 0 Å². The van der Waals surface area contributed by atoms with Gasteiger partial charge < -0.3 is 20.1 Å². The van der Waals surface area contributed by atoms with Gasteiger partial charge in [-0.25, -0.2) is 0 Å². The number of amides is 3. The summed E-state index contributed by atoms with van der Waals surface area (Å²) >= 11 is 0. The van der Waals surface area contributed by atoms with Crippen molar-refractivity contribution in [1.29, 1.82) is 0 Å². The highest BCUT2D eigenvalue weighted by atomic mass is 16.5. The summed E-state index contributed by atoms with van der Waals surface area (Å²) in [5.74, 6) is -1.28. The van der Waals surface area contributed by atoms with Crippen LogP contribution >= 0.6 is 0 Å². The van der Waals surface area contributed by atoms with Crippen LogP contribution in [0.15, 0.2) is 54.6 Å². The number of rotatable bonds is 16. The lowest BCUT2D eigenvalue weighted by atomic mass is 9.90. The number of likely N-dealkylation sites (N-methyl/N-ethyl adjacent to an activating group) is 1. The van der Waals surface area contributed by atoms with E-state index in [2.05, 4.69) is 5.32 Å². The molecule has 0 radical (unpaired) electrons. The number of nitrogens with zero attached hydrogens (tertiary/aromatic N) is 3. The zero-order valence-electron chi connectivity index (χ0n) is 22.7. The van der Waals surface area contributed by atoms with E-state index in [0.717, 1.165) is 15.2 Å². The first-order valence-corrected chi connectivity index (χ1v) is 13.2. The van der Waals surface area contributed by atoms with Gasteiger partial charge in [0.05, 0.1) is 37.5 Å². The summed E-state index contributed by atoms with van der Waals surface area (Å²) in [5, 5.41) is 22.2. The van der Waals surface area contributed by atoms with Gasteiger partial charge in [-0.15, -0.1) is 0 Å². The smallest absolute Gasteiger partial charge is 0.262 e. The van der Waals surface area contributed by atoms with E-state index in [9.17, 15) is 19.6 Å². The average Bonchev–Trinajstić information content (AvgIpc) is 3.20. The second-order valence-corrected chi connectivity index (χ2v) is 9.75. The molecule has 0 saturated heterocycles. The average molecular weight is 540 g/mol. The number of unbranched alkanes of at least 4 members (excludes halogenated alkanes) is 1. The number of benzene rings is 2. The van der Waals surface area contributed by atoms with Gasteiger partial charge in [0.15, 0.2) is 0 Å². The summed E-state index contributed by atoms with van der Waals surface area (Å²) < 4.78 is 6.44. The van der Waals surface area contributed by atoms with Crippen LogP contribution in [0.25, 0.3) is 0 Å². The largest absolute Gasteiger partial charge is 0.394 e. The summed E-state index contributed by atoms with van der Waals surface area (Å²) in [4.78, 5) is 42.8. The van der Waals surface area contributed by atoms with Crippen molar-refractivity contribution >= 4 is 23.9 Å². The number of hydrogen-bond donors (Lipinski definition) is 3. The Morgan fingerprint density at radius 2 is 1.69 bits per heavy atom. The Morgan fingerprint density at radius 1 is 1.05 bits per heavy atom. The van der Waals surface area contributed by atoms with Crippen molar-refractivity contribution in [1.82, 2.24) is 15.1 Å². The molecule has 39 heavy (non-hydrogen) atoms. The van der Waals surface area contributed by atoms with E-state index >= 15 is 0 Å². The first kappa shape index (κ1) is 29.9. The molecule has 210 valence electrons. The van der Waals surface area contributed by atoms with Crippen molar-refractivity contribution in [3.63, 3.8) is 0 Å². The van der Waals surface area contributed by atoms with Gasteiger partial charge in [0.1, 0.15) is 5.54 Å². The fourth-order valence-corrected chi connectivity index (χ4v) is 4.66. The van der Waals surface area contributed by atoms with Crippen LogP contribution in [0.5, 0.6) is 0 Å². The summed E-state index contributed by atoms with van der Waals surface area (Å²) in [6, 6.07) is 16.3. The number of hydroxylamine groups is 1. The minimum absolute atomic E-state index is 0.112. The number of fused-ring (bicyclic) bond motifs is 1.